The summed E-state index contributed by atoms with van der Waals surface area (Å²) < 4.78 is 5.50. The Morgan fingerprint density at radius 2 is 1.81 bits per heavy atom. The molecule has 2 aromatic rings. The molecule has 2 aliphatic rings. The fourth-order valence-electron chi connectivity index (χ4n) is 3.97. The molecule has 4 rings (SSSR count). The third-order valence-corrected chi connectivity index (χ3v) is 5.50. The molecule has 0 amide bonds. The van der Waals surface area contributed by atoms with E-state index in [-0.39, 0.29) is 18.7 Å². The maximum Gasteiger partial charge on any atom is 0.0644 e. The van der Waals surface area contributed by atoms with Gasteiger partial charge in [0.25, 0.3) is 0 Å². The van der Waals surface area contributed by atoms with Crippen LogP contribution >= 0.6 is 0 Å². The van der Waals surface area contributed by atoms with Crippen LogP contribution in [0.2, 0.25) is 0 Å². The molecule has 0 bridgehead atoms. The molecule has 2 aliphatic heterocycles. The van der Waals surface area contributed by atoms with Crippen LogP contribution in [0.3, 0.4) is 0 Å². The number of hydrogen-bond acceptors (Lipinski definition) is 5. The van der Waals surface area contributed by atoms with Gasteiger partial charge in [-0.15, -0.1) is 0 Å². The molecule has 0 spiro atoms. The van der Waals surface area contributed by atoms with E-state index in [9.17, 15) is 5.11 Å². The topological polar surface area (TPSA) is 56.8 Å². The Hall–Kier alpha value is -1.76. The van der Waals surface area contributed by atoms with Gasteiger partial charge in [-0.25, -0.2) is 5.43 Å². The molecule has 5 nitrogen and oxygen atoms in total. The average Bonchev–Trinajstić information content (AvgIpc) is 3.17. The van der Waals surface area contributed by atoms with Gasteiger partial charge < -0.3 is 9.84 Å². The molecule has 0 radical (unpaired) electrons. The van der Waals surface area contributed by atoms with Crippen molar-refractivity contribution in [2.24, 2.45) is 5.92 Å². The highest BCUT2D eigenvalue weighted by atomic mass is 16.5. The van der Waals surface area contributed by atoms with Crippen LogP contribution < -0.4 is 10.9 Å². The van der Waals surface area contributed by atoms with Crippen LogP contribution in [0.1, 0.15) is 11.6 Å². The number of hydrazine groups is 1. The van der Waals surface area contributed by atoms with Gasteiger partial charge in [0, 0.05) is 25.6 Å². The van der Waals surface area contributed by atoms with Crippen molar-refractivity contribution in [1.82, 2.24) is 15.8 Å². The summed E-state index contributed by atoms with van der Waals surface area (Å²) >= 11 is 0. The van der Waals surface area contributed by atoms with Gasteiger partial charge in [0.15, 0.2) is 0 Å². The number of hydrogen-bond donors (Lipinski definition) is 3. The molecule has 2 aromatic carbocycles. The highest BCUT2D eigenvalue weighted by Gasteiger charge is 2.32. The van der Waals surface area contributed by atoms with Crippen molar-refractivity contribution in [2.45, 2.75) is 12.1 Å². The summed E-state index contributed by atoms with van der Waals surface area (Å²) in [7, 11) is 0. The maximum absolute atomic E-state index is 9.60. The molecule has 3 unspecified atom stereocenters. The summed E-state index contributed by atoms with van der Waals surface area (Å²) in [6.07, 6.45) is 0. The Kier molecular flexibility index (Phi) is 5.62. The Labute approximate surface area is 154 Å². The standard InChI is InChI=1S/C21H27N3O2/c25-14-20-15-26-11-10-24(20)13-19-12-22-23-21(19)18-8-6-17(7-9-18)16-4-2-1-3-5-16/h1-9,19-23,25H,10-15H2. The van der Waals surface area contributed by atoms with Gasteiger partial charge in [0.05, 0.1) is 31.9 Å². The van der Waals surface area contributed by atoms with Crippen LogP contribution in [0.25, 0.3) is 11.1 Å². The highest BCUT2D eigenvalue weighted by molar-refractivity contribution is 5.63. The molecule has 2 heterocycles. The molecule has 0 aromatic heterocycles. The first kappa shape index (κ1) is 17.6. The summed E-state index contributed by atoms with van der Waals surface area (Å²) in [6, 6.07) is 19.7. The number of nitrogens with one attached hydrogen (secondary N) is 2. The third kappa shape index (κ3) is 3.82. The number of benzene rings is 2. The van der Waals surface area contributed by atoms with Gasteiger partial charge in [0.2, 0.25) is 0 Å². The lowest BCUT2D eigenvalue weighted by atomic mass is 9.92. The average molecular weight is 353 g/mol. The Balaban J connectivity index is 1.46. The first-order valence-corrected chi connectivity index (χ1v) is 9.41. The first-order valence-electron chi connectivity index (χ1n) is 9.41. The molecule has 2 fully saturated rings. The van der Waals surface area contributed by atoms with E-state index < -0.39 is 0 Å². The highest BCUT2D eigenvalue weighted by Crippen LogP contribution is 2.28. The first-order chi connectivity index (χ1) is 12.8. The van der Waals surface area contributed by atoms with Crippen LogP contribution in [0, 0.1) is 5.92 Å². The lowest BCUT2D eigenvalue weighted by Gasteiger charge is -2.36. The second-order valence-corrected chi connectivity index (χ2v) is 7.16. The second kappa shape index (κ2) is 8.29. The lowest BCUT2D eigenvalue weighted by molar-refractivity contribution is -0.0334. The van der Waals surface area contributed by atoms with E-state index in [1.54, 1.807) is 0 Å². The number of aliphatic hydroxyl groups is 1. The van der Waals surface area contributed by atoms with E-state index in [4.69, 9.17) is 4.74 Å². The van der Waals surface area contributed by atoms with Crippen molar-refractivity contribution in [3.05, 3.63) is 60.2 Å². The summed E-state index contributed by atoms with van der Waals surface area (Å²) in [5.74, 6) is 0.463. The second-order valence-electron chi connectivity index (χ2n) is 7.16. The minimum Gasteiger partial charge on any atom is -0.395 e. The van der Waals surface area contributed by atoms with E-state index in [1.165, 1.54) is 16.7 Å². The quantitative estimate of drug-likeness (QED) is 0.765. The fourth-order valence-corrected chi connectivity index (χ4v) is 3.97. The van der Waals surface area contributed by atoms with E-state index in [0.29, 0.717) is 12.5 Å². The number of morpholine rings is 1. The van der Waals surface area contributed by atoms with E-state index in [1.807, 2.05) is 6.07 Å². The normalized spacial score (nSPS) is 26.9. The van der Waals surface area contributed by atoms with Crippen molar-refractivity contribution in [3.63, 3.8) is 0 Å². The van der Waals surface area contributed by atoms with Gasteiger partial charge in [-0.1, -0.05) is 54.6 Å². The van der Waals surface area contributed by atoms with Crippen molar-refractivity contribution < 1.29 is 9.84 Å². The van der Waals surface area contributed by atoms with Crippen LogP contribution in [-0.4, -0.2) is 55.5 Å². The molecule has 3 atom stereocenters. The van der Waals surface area contributed by atoms with Crippen LogP contribution in [0.5, 0.6) is 0 Å². The summed E-state index contributed by atoms with van der Waals surface area (Å²) in [5, 5.41) is 9.60. The lowest BCUT2D eigenvalue weighted by Crippen LogP contribution is -2.50. The molecular weight excluding hydrogens is 326 g/mol. The molecule has 138 valence electrons. The molecule has 0 saturated carbocycles. The molecular formula is C21H27N3O2. The molecule has 26 heavy (non-hydrogen) atoms. The Morgan fingerprint density at radius 1 is 1.04 bits per heavy atom. The molecule has 0 aliphatic carbocycles. The van der Waals surface area contributed by atoms with Gasteiger partial charge >= 0.3 is 0 Å². The molecule has 2 saturated heterocycles. The zero-order chi connectivity index (χ0) is 17.8. The van der Waals surface area contributed by atoms with Crippen molar-refractivity contribution >= 4 is 0 Å². The number of rotatable bonds is 5. The monoisotopic (exact) mass is 353 g/mol. The minimum absolute atomic E-state index is 0.116. The number of aliphatic hydroxyl groups excluding tert-OH is 1. The molecule has 5 heteroatoms. The van der Waals surface area contributed by atoms with Crippen molar-refractivity contribution in [1.29, 1.82) is 0 Å². The SMILES string of the molecule is OCC1COCCN1CC1CNNC1c1ccc(-c2ccccc2)cc1. The summed E-state index contributed by atoms with van der Waals surface area (Å²) in [4.78, 5) is 2.37. The summed E-state index contributed by atoms with van der Waals surface area (Å²) in [5.41, 5.74) is 10.5. The minimum atomic E-state index is 0.116. The largest absolute Gasteiger partial charge is 0.395 e. The van der Waals surface area contributed by atoms with Crippen LogP contribution in [0.15, 0.2) is 54.6 Å². The van der Waals surface area contributed by atoms with Crippen LogP contribution in [0.4, 0.5) is 0 Å². The van der Waals surface area contributed by atoms with Crippen molar-refractivity contribution in [3.8, 4) is 11.1 Å². The number of ether oxygens (including phenoxy) is 1. The van der Waals surface area contributed by atoms with Gasteiger partial charge in [-0.05, 0) is 16.7 Å². The summed E-state index contributed by atoms with van der Waals surface area (Å²) in [6.45, 7) is 4.31. The smallest absolute Gasteiger partial charge is 0.0644 e. The third-order valence-electron chi connectivity index (χ3n) is 5.50. The Bertz CT molecular complexity index is 692. The van der Waals surface area contributed by atoms with Gasteiger partial charge in [-0.2, -0.15) is 0 Å². The van der Waals surface area contributed by atoms with Crippen molar-refractivity contribution in [2.75, 3.05) is 39.5 Å². The predicted octanol–water partition coefficient (Wildman–Crippen LogP) is 1.81. The number of nitrogens with zero attached hydrogens (tertiary/aromatic N) is 1. The maximum atomic E-state index is 9.60. The molecule has 3 N–H and O–H groups in total. The van der Waals surface area contributed by atoms with Crippen LogP contribution in [-0.2, 0) is 4.74 Å². The van der Waals surface area contributed by atoms with Gasteiger partial charge in [-0.3, -0.25) is 10.3 Å². The fraction of sp³-hybridized carbons (Fsp3) is 0.429. The predicted molar refractivity (Wildman–Crippen MR) is 103 cm³/mol. The zero-order valence-corrected chi connectivity index (χ0v) is 15.0. The van der Waals surface area contributed by atoms with E-state index in [2.05, 4.69) is 64.3 Å². The van der Waals surface area contributed by atoms with E-state index >= 15 is 0 Å². The van der Waals surface area contributed by atoms with Gasteiger partial charge in [0.1, 0.15) is 0 Å². The zero-order valence-electron chi connectivity index (χ0n) is 15.0. The van der Waals surface area contributed by atoms with E-state index in [0.717, 1.165) is 26.2 Å². The Morgan fingerprint density at radius 3 is 2.58 bits per heavy atom.